The van der Waals surface area contributed by atoms with Crippen LogP contribution >= 0.6 is 0 Å². The normalized spacial score (nSPS) is 10.2. The van der Waals surface area contributed by atoms with Gasteiger partial charge in [-0.25, -0.2) is 4.79 Å². The average molecular weight is 433 g/mol. The van der Waals surface area contributed by atoms with Crippen LogP contribution in [0.15, 0.2) is 72.8 Å². The molecule has 0 unspecified atom stereocenters. The van der Waals surface area contributed by atoms with Crippen molar-refractivity contribution in [3.05, 3.63) is 105 Å². The van der Waals surface area contributed by atoms with E-state index in [2.05, 4.69) is 15.4 Å². The van der Waals surface area contributed by atoms with Crippen molar-refractivity contribution in [1.82, 2.24) is 5.32 Å². The molecule has 0 saturated heterocycles. The molecule has 0 aliphatic rings. The molecular weight excluding hydrogens is 414 g/mol. The number of nitrogens with one attached hydrogen (secondary N) is 2. The summed E-state index contributed by atoms with van der Waals surface area (Å²) in [6.45, 7) is 0.301. The van der Waals surface area contributed by atoms with Crippen LogP contribution in [0.2, 0.25) is 0 Å². The second kappa shape index (κ2) is 9.98. The molecule has 2 N–H and O–H groups in total. The first-order chi connectivity index (χ1) is 15.4. The molecule has 9 nitrogen and oxygen atoms in total. The highest BCUT2D eigenvalue weighted by Gasteiger charge is 2.20. The number of nitro groups is 1. The zero-order chi connectivity index (χ0) is 23.1. The van der Waals surface area contributed by atoms with Crippen LogP contribution in [0, 0.1) is 10.1 Å². The lowest BCUT2D eigenvalue weighted by molar-refractivity contribution is -0.384. The van der Waals surface area contributed by atoms with Crippen molar-refractivity contribution < 1.29 is 24.0 Å². The summed E-state index contributed by atoms with van der Waals surface area (Å²) in [7, 11) is 1.13. The second-order valence-electron chi connectivity index (χ2n) is 6.69. The van der Waals surface area contributed by atoms with E-state index in [9.17, 15) is 24.5 Å². The number of methoxy groups -OCH3 is 1. The number of para-hydroxylation sites is 1. The number of carbonyl (C=O) groups is 3. The number of amides is 2. The Kier molecular flexibility index (Phi) is 6.92. The largest absolute Gasteiger partial charge is 0.465 e. The molecule has 162 valence electrons. The second-order valence-corrected chi connectivity index (χ2v) is 6.69. The Morgan fingerprint density at radius 2 is 1.56 bits per heavy atom. The first-order valence-electron chi connectivity index (χ1n) is 9.49. The molecule has 0 heterocycles. The summed E-state index contributed by atoms with van der Waals surface area (Å²) in [5.74, 6) is -1.94. The zero-order valence-electron chi connectivity index (χ0n) is 17.0. The SMILES string of the molecule is COC(=O)c1cc(C(=O)Nc2ccccc2C(=O)NCc2ccccc2)cc([N+](=O)[O-])c1. The molecule has 0 spiro atoms. The highest BCUT2D eigenvalue weighted by molar-refractivity contribution is 6.10. The van der Waals surface area contributed by atoms with Gasteiger partial charge in [0.2, 0.25) is 0 Å². The van der Waals surface area contributed by atoms with Gasteiger partial charge in [-0.1, -0.05) is 42.5 Å². The van der Waals surface area contributed by atoms with E-state index in [0.29, 0.717) is 6.54 Å². The van der Waals surface area contributed by atoms with Crippen LogP contribution in [0.5, 0.6) is 0 Å². The van der Waals surface area contributed by atoms with E-state index in [1.54, 1.807) is 18.2 Å². The molecule has 0 aliphatic heterocycles. The highest BCUT2D eigenvalue weighted by Crippen LogP contribution is 2.21. The van der Waals surface area contributed by atoms with Gasteiger partial charge >= 0.3 is 5.97 Å². The van der Waals surface area contributed by atoms with Gasteiger partial charge < -0.3 is 15.4 Å². The average Bonchev–Trinajstić information content (AvgIpc) is 2.82. The molecule has 3 aromatic rings. The Labute approximate surface area is 183 Å². The fourth-order valence-corrected chi connectivity index (χ4v) is 2.94. The van der Waals surface area contributed by atoms with Crippen molar-refractivity contribution in [2.45, 2.75) is 6.54 Å². The van der Waals surface area contributed by atoms with E-state index in [1.165, 1.54) is 12.1 Å². The summed E-state index contributed by atoms with van der Waals surface area (Å²) in [5.41, 5.74) is 0.644. The molecule has 0 bridgehead atoms. The van der Waals surface area contributed by atoms with Crippen molar-refractivity contribution in [3.63, 3.8) is 0 Å². The van der Waals surface area contributed by atoms with Crippen LogP contribution in [-0.2, 0) is 11.3 Å². The Hall–Kier alpha value is -4.53. The standard InChI is InChI=1S/C23H19N3O6/c1-32-23(29)17-11-16(12-18(13-17)26(30)31)21(27)25-20-10-6-5-9-19(20)22(28)24-14-15-7-3-2-4-8-15/h2-13H,14H2,1H3,(H,24,28)(H,25,27). The number of carbonyl (C=O) groups excluding carboxylic acids is 3. The molecule has 3 rings (SSSR count). The molecule has 3 aromatic carbocycles. The zero-order valence-corrected chi connectivity index (χ0v) is 17.0. The lowest BCUT2D eigenvalue weighted by Crippen LogP contribution is -2.25. The lowest BCUT2D eigenvalue weighted by Gasteiger charge is -2.12. The number of anilines is 1. The van der Waals surface area contributed by atoms with Crippen molar-refractivity contribution in [2.24, 2.45) is 0 Å². The molecule has 0 atom stereocenters. The van der Waals surface area contributed by atoms with Gasteiger partial charge in [-0.15, -0.1) is 0 Å². The van der Waals surface area contributed by atoms with Crippen molar-refractivity contribution >= 4 is 29.2 Å². The molecule has 9 heteroatoms. The number of ether oxygens (including phenoxy) is 1. The molecular formula is C23H19N3O6. The number of hydrogen-bond acceptors (Lipinski definition) is 6. The van der Waals surface area contributed by atoms with Crippen LogP contribution in [0.3, 0.4) is 0 Å². The maximum Gasteiger partial charge on any atom is 0.338 e. The Bertz CT molecular complexity index is 1180. The van der Waals surface area contributed by atoms with Gasteiger partial charge in [-0.2, -0.15) is 0 Å². The van der Waals surface area contributed by atoms with Crippen LogP contribution in [0.4, 0.5) is 11.4 Å². The fraction of sp³-hybridized carbons (Fsp3) is 0.0870. The van der Waals surface area contributed by atoms with E-state index in [-0.39, 0.29) is 22.4 Å². The van der Waals surface area contributed by atoms with Gasteiger partial charge in [0.25, 0.3) is 17.5 Å². The minimum Gasteiger partial charge on any atom is -0.465 e. The minimum atomic E-state index is -0.816. The predicted molar refractivity (Wildman–Crippen MR) is 116 cm³/mol. The maximum absolute atomic E-state index is 12.8. The van der Waals surface area contributed by atoms with Crippen molar-refractivity contribution in [3.8, 4) is 0 Å². The summed E-state index contributed by atoms with van der Waals surface area (Å²) in [5, 5.41) is 16.6. The summed E-state index contributed by atoms with van der Waals surface area (Å²) in [6, 6.07) is 18.9. The lowest BCUT2D eigenvalue weighted by atomic mass is 10.1. The third-order valence-electron chi connectivity index (χ3n) is 4.53. The topological polar surface area (TPSA) is 128 Å². The molecule has 0 saturated carbocycles. The fourth-order valence-electron chi connectivity index (χ4n) is 2.94. The number of rotatable bonds is 7. The maximum atomic E-state index is 12.8. The van der Waals surface area contributed by atoms with Gasteiger partial charge in [-0.3, -0.25) is 19.7 Å². The number of benzene rings is 3. The van der Waals surface area contributed by atoms with Gasteiger partial charge in [0.1, 0.15) is 0 Å². The summed E-state index contributed by atoms with van der Waals surface area (Å²) >= 11 is 0. The molecule has 0 fully saturated rings. The van der Waals surface area contributed by atoms with E-state index < -0.39 is 28.4 Å². The van der Waals surface area contributed by atoms with Gasteiger partial charge in [0.15, 0.2) is 0 Å². The number of nitro benzene ring substituents is 1. The Morgan fingerprint density at radius 3 is 2.25 bits per heavy atom. The third kappa shape index (κ3) is 5.33. The molecule has 32 heavy (non-hydrogen) atoms. The summed E-state index contributed by atoms with van der Waals surface area (Å²) in [4.78, 5) is 47.8. The van der Waals surface area contributed by atoms with Crippen LogP contribution in [0.1, 0.15) is 36.6 Å². The van der Waals surface area contributed by atoms with E-state index in [1.807, 2.05) is 30.3 Å². The van der Waals surface area contributed by atoms with Gasteiger partial charge in [0.05, 0.1) is 28.8 Å². The predicted octanol–water partition coefficient (Wildman–Crippen LogP) is 3.56. The first-order valence-corrected chi connectivity index (χ1v) is 9.49. The summed E-state index contributed by atoms with van der Waals surface area (Å²) < 4.78 is 4.59. The van der Waals surface area contributed by atoms with E-state index in [4.69, 9.17) is 0 Å². The monoisotopic (exact) mass is 433 g/mol. The van der Waals surface area contributed by atoms with Crippen LogP contribution in [0.25, 0.3) is 0 Å². The van der Waals surface area contributed by atoms with E-state index >= 15 is 0 Å². The molecule has 0 radical (unpaired) electrons. The van der Waals surface area contributed by atoms with E-state index in [0.717, 1.165) is 24.8 Å². The van der Waals surface area contributed by atoms with Crippen molar-refractivity contribution in [2.75, 3.05) is 12.4 Å². The van der Waals surface area contributed by atoms with Crippen molar-refractivity contribution in [1.29, 1.82) is 0 Å². The Balaban J connectivity index is 1.83. The minimum absolute atomic E-state index is 0.126. The summed E-state index contributed by atoms with van der Waals surface area (Å²) in [6.07, 6.45) is 0. The molecule has 0 aliphatic carbocycles. The molecule has 0 aromatic heterocycles. The highest BCUT2D eigenvalue weighted by atomic mass is 16.6. The smallest absolute Gasteiger partial charge is 0.338 e. The Morgan fingerprint density at radius 1 is 0.906 bits per heavy atom. The number of nitrogens with zero attached hydrogens (tertiary/aromatic N) is 1. The number of hydrogen-bond donors (Lipinski definition) is 2. The quantitative estimate of drug-likeness (QED) is 0.333. The molecule has 2 amide bonds. The third-order valence-corrected chi connectivity index (χ3v) is 4.53. The van der Waals surface area contributed by atoms with Crippen LogP contribution < -0.4 is 10.6 Å². The van der Waals surface area contributed by atoms with Gasteiger partial charge in [0, 0.05) is 24.2 Å². The first kappa shape index (κ1) is 22.2. The van der Waals surface area contributed by atoms with Crippen LogP contribution in [-0.4, -0.2) is 29.8 Å². The van der Waals surface area contributed by atoms with Gasteiger partial charge in [-0.05, 0) is 23.8 Å². The number of esters is 1. The number of non-ortho nitro benzene ring substituents is 1.